The van der Waals surface area contributed by atoms with Crippen molar-refractivity contribution in [3.05, 3.63) is 48.5 Å². The highest BCUT2D eigenvalue weighted by Crippen LogP contribution is 2.24. The number of anilines is 3. The first kappa shape index (κ1) is 17.9. The molecule has 0 radical (unpaired) electrons. The molecule has 0 bridgehead atoms. The fourth-order valence-electron chi connectivity index (χ4n) is 2.77. The van der Waals surface area contributed by atoms with Crippen molar-refractivity contribution in [1.29, 1.82) is 0 Å². The Morgan fingerprint density at radius 2 is 1.62 bits per heavy atom. The van der Waals surface area contributed by atoms with Crippen molar-refractivity contribution in [2.24, 2.45) is 0 Å². The fraction of sp³-hybridized carbons (Fsp3) is 0.222. The molecular weight excluding hydrogens is 354 g/mol. The molecule has 2 aromatic carbocycles. The summed E-state index contributed by atoms with van der Waals surface area (Å²) in [5.74, 6) is -0.145. The van der Waals surface area contributed by atoms with Crippen molar-refractivity contribution in [1.82, 2.24) is 0 Å². The van der Waals surface area contributed by atoms with Gasteiger partial charge in [-0.1, -0.05) is 0 Å². The zero-order chi connectivity index (χ0) is 18.7. The van der Waals surface area contributed by atoms with E-state index in [0.717, 1.165) is 6.42 Å². The number of nitrogens with one attached hydrogen (secondary N) is 2. The average molecular weight is 373 g/mol. The SMILES string of the molecule is CC(=O)Nc1ccc(NS(=O)(=O)c2ccc(N3CCCC3=O)cc2)cc1. The molecule has 1 heterocycles. The van der Waals surface area contributed by atoms with Crippen LogP contribution in [0, 0.1) is 0 Å². The molecule has 0 unspecified atom stereocenters. The predicted molar refractivity (Wildman–Crippen MR) is 99.6 cm³/mol. The maximum absolute atomic E-state index is 12.5. The number of amides is 2. The van der Waals surface area contributed by atoms with E-state index in [-0.39, 0.29) is 16.7 Å². The van der Waals surface area contributed by atoms with Gasteiger partial charge in [-0.2, -0.15) is 0 Å². The van der Waals surface area contributed by atoms with Crippen LogP contribution in [0.3, 0.4) is 0 Å². The van der Waals surface area contributed by atoms with Crippen LogP contribution >= 0.6 is 0 Å². The number of carbonyl (C=O) groups is 2. The van der Waals surface area contributed by atoms with Gasteiger partial charge >= 0.3 is 0 Å². The van der Waals surface area contributed by atoms with Crippen molar-refractivity contribution in [3.8, 4) is 0 Å². The summed E-state index contributed by atoms with van der Waals surface area (Å²) in [4.78, 5) is 24.5. The van der Waals surface area contributed by atoms with Gasteiger partial charge in [-0.3, -0.25) is 14.3 Å². The molecule has 136 valence electrons. The van der Waals surface area contributed by atoms with Crippen LogP contribution in [0.2, 0.25) is 0 Å². The second-order valence-electron chi connectivity index (χ2n) is 6.01. The van der Waals surface area contributed by atoms with Crippen LogP contribution in [0.25, 0.3) is 0 Å². The lowest BCUT2D eigenvalue weighted by molar-refractivity contribution is -0.117. The molecule has 1 aliphatic rings. The van der Waals surface area contributed by atoms with E-state index in [2.05, 4.69) is 10.0 Å². The zero-order valence-corrected chi connectivity index (χ0v) is 15.0. The highest BCUT2D eigenvalue weighted by atomic mass is 32.2. The molecular formula is C18H19N3O4S. The topological polar surface area (TPSA) is 95.6 Å². The lowest BCUT2D eigenvalue weighted by atomic mass is 10.3. The molecule has 3 rings (SSSR count). The lowest BCUT2D eigenvalue weighted by Crippen LogP contribution is -2.23. The number of benzene rings is 2. The Bertz CT molecular complexity index is 922. The van der Waals surface area contributed by atoms with Crippen molar-refractivity contribution in [2.75, 3.05) is 21.5 Å². The van der Waals surface area contributed by atoms with E-state index >= 15 is 0 Å². The van der Waals surface area contributed by atoms with E-state index in [1.165, 1.54) is 19.1 Å². The zero-order valence-electron chi connectivity index (χ0n) is 14.2. The maximum Gasteiger partial charge on any atom is 0.261 e. The number of hydrogen-bond donors (Lipinski definition) is 2. The van der Waals surface area contributed by atoms with Crippen LogP contribution in [0.1, 0.15) is 19.8 Å². The molecule has 2 N–H and O–H groups in total. The van der Waals surface area contributed by atoms with Crippen molar-refractivity contribution >= 4 is 38.9 Å². The average Bonchev–Trinajstić information content (AvgIpc) is 3.02. The molecule has 2 amide bonds. The highest BCUT2D eigenvalue weighted by Gasteiger charge is 2.22. The second-order valence-corrected chi connectivity index (χ2v) is 7.69. The lowest BCUT2D eigenvalue weighted by Gasteiger charge is -2.16. The molecule has 2 aromatic rings. The highest BCUT2D eigenvalue weighted by molar-refractivity contribution is 7.92. The summed E-state index contributed by atoms with van der Waals surface area (Å²) in [7, 11) is -3.74. The quantitative estimate of drug-likeness (QED) is 0.842. The van der Waals surface area contributed by atoms with E-state index < -0.39 is 10.0 Å². The molecule has 0 atom stereocenters. The summed E-state index contributed by atoms with van der Waals surface area (Å²) < 4.78 is 27.5. The molecule has 26 heavy (non-hydrogen) atoms. The number of nitrogens with zero attached hydrogens (tertiary/aromatic N) is 1. The minimum absolute atomic E-state index is 0.0537. The van der Waals surface area contributed by atoms with Crippen LogP contribution in [-0.2, 0) is 19.6 Å². The number of sulfonamides is 1. The first-order valence-corrected chi connectivity index (χ1v) is 9.64. The van der Waals surface area contributed by atoms with Gasteiger partial charge < -0.3 is 10.2 Å². The van der Waals surface area contributed by atoms with Crippen molar-refractivity contribution in [3.63, 3.8) is 0 Å². The standard InChI is InChI=1S/C18H19N3O4S/c1-13(22)19-14-4-6-15(7-5-14)20-26(24,25)17-10-8-16(9-11-17)21-12-2-3-18(21)23/h4-11,20H,2-3,12H2,1H3,(H,19,22). The van der Waals surface area contributed by atoms with Gasteiger partial charge in [-0.25, -0.2) is 8.42 Å². The van der Waals surface area contributed by atoms with Gasteiger partial charge in [-0.15, -0.1) is 0 Å². The Balaban J connectivity index is 1.73. The van der Waals surface area contributed by atoms with E-state index in [9.17, 15) is 18.0 Å². The second kappa shape index (κ2) is 7.17. The number of carbonyl (C=O) groups excluding carboxylic acids is 2. The van der Waals surface area contributed by atoms with Crippen molar-refractivity contribution in [2.45, 2.75) is 24.7 Å². The van der Waals surface area contributed by atoms with Gasteiger partial charge in [0.05, 0.1) is 4.90 Å². The summed E-state index contributed by atoms with van der Waals surface area (Å²) in [5.41, 5.74) is 1.67. The first-order chi connectivity index (χ1) is 12.3. The summed E-state index contributed by atoms with van der Waals surface area (Å²) >= 11 is 0. The minimum atomic E-state index is -3.74. The molecule has 1 fully saturated rings. The van der Waals surface area contributed by atoms with Gasteiger partial charge in [0.25, 0.3) is 10.0 Å². The molecule has 0 aromatic heterocycles. The van der Waals surface area contributed by atoms with Gasteiger partial charge in [-0.05, 0) is 55.0 Å². The molecule has 0 spiro atoms. The summed E-state index contributed by atoms with van der Waals surface area (Å²) in [5, 5.41) is 2.61. The fourth-order valence-corrected chi connectivity index (χ4v) is 3.82. The maximum atomic E-state index is 12.5. The van der Waals surface area contributed by atoms with Gasteiger partial charge in [0.2, 0.25) is 11.8 Å². The molecule has 0 saturated carbocycles. The van der Waals surface area contributed by atoms with E-state index in [1.54, 1.807) is 41.3 Å². The van der Waals surface area contributed by atoms with Crippen molar-refractivity contribution < 1.29 is 18.0 Å². The minimum Gasteiger partial charge on any atom is -0.326 e. The number of hydrogen-bond acceptors (Lipinski definition) is 4. The van der Waals surface area contributed by atoms with Crippen LogP contribution in [0.5, 0.6) is 0 Å². The summed E-state index contributed by atoms with van der Waals surface area (Å²) in [6, 6.07) is 12.6. The third kappa shape index (κ3) is 4.02. The summed E-state index contributed by atoms with van der Waals surface area (Å²) in [6.45, 7) is 2.06. The molecule has 8 heteroatoms. The normalized spacial score (nSPS) is 14.3. The van der Waals surface area contributed by atoms with E-state index in [4.69, 9.17) is 0 Å². The van der Waals surface area contributed by atoms with Gasteiger partial charge in [0.15, 0.2) is 0 Å². The molecule has 0 aliphatic carbocycles. The Labute approximate surface area is 152 Å². The third-order valence-corrected chi connectivity index (χ3v) is 5.39. The number of rotatable bonds is 5. The van der Waals surface area contributed by atoms with E-state index in [1.807, 2.05) is 0 Å². The monoisotopic (exact) mass is 373 g/mol. The molecule has 7 nitrogen and oxygen atoms in total. The smallest absolute Gasteiger partial charge is 0.261 e. The Morgan fingerprint density at radius 3 is 2.15 bits per heavy atom. The molecule has 1 saturated heterocycles. The van der Waals surface area contributed by atoms with Crippen LogP contribution in [-0.4, -0.2) is 26.8 Å². The van der Waals surface area contributed by atoms with E-state index in [0.29, 0.717) is 30.0 Å². The Hall–Kier alpha value is -2.87. The van der Waals surface area contributed by atoms with Gasteiger partial charge in [0, 0.05) is 37.0 Å². The summed E-state index contributed by atoms with van der Waals surface area (Å²) in [6.07, 6.45) is 1.34. The van der Waals surface area contributed by atoms with Gasteiger partial charge in [0.1, 0.15) is 0 Å². The molecule has 1 aliphatic heterocycles. The van der Waals surface area contributed by atoms with Crippen LogP contribution in [0.15, 0.2) is 53.4 Å². The Kier molecular flexibility index (Phi) is 4.94. The van der Waals surface area contributed by atoms with Crippen LogP contribution in [0.4, 0.5) is 17.1 Å². The third-order valence-electron chi connectivity index (χ3n) is 3.99. The predicted octanol–water partition coefficient (Wildman–Crippen LogP) is 2.57. The largest absolute Gasteiger partial charge is 0.326 e. The van der Waals surface area contributed by atoms with Crippen LogP contribution < -0.4 is 14.9 Å². The Morgan fingerprint density at radius 1 is 1.00 bits per heavy atom. The first-order valence-electron chi connectivity index (χ1n) is 8.16.